The highest BCUT2D eigenvalue weighted by molar-refractivity contribution is 5.31. The van der Waals surface area contributed by atoms with Crippen molar-refractivity contribution in [3.8, 4) is 0 Å². The van der Waals surface area contributed by atoms with Crippen LogP contribution in [0.2, 0.25) is 0 Å². The Hall–Kier alpha value is -0.900. The van der Waals surface area contributed by atoms with Gasteiger partial charge in [0, 0.05) is 12.6 Å². The van der Waals surface area contributed by atoms with Crippen LogP contribution in [0.25, 0.3) is 0 Å². The van der Waals surface area contributed by atoms with Crippen molar-refractivity contribution in [1.29, 1.82) is 0 Å². The summed E-state index contributed by atoms with van der Waals surface area (Å²) in [5.74, 6) is 0. The van der Waals surface area contributed by atoms with Crippen molar-refractivity contribution in [2.45, 2.75) is 32.0 Å². The Balaban J connectivity index is 2.07. The highest BCUT2D eigenvalue weighted by Gasteiger charge is 2.21. The van der Waals surface area contributed by atoms with Crippen LogP contribution in [0.5, 0.6) is 0 Å². The van der Waals surface area contributed by atoms with E-state index in [9.17, 15) is 0 Å². The second-order valence-corrected chi connectivity index (χ2v) is 4.35. The van der Waals surface area contributed by atoms with E-state index >= 15 is 0 Å². The summed E-state index contributed by atoms with van der Waals surface area (Å²) in [6, 6.07) is 8.94. The zero-order chi connectivity index (χ0) is 11.4. The normalized spacial score (nSPS) is 21.5. The quantitative estimate of drug-likeness (QED) is 0.811. The molecule has 2 rings (SSSR count). The van der Waals surface area contributed by atoms with Gasteiger partial charge in [-0.05, 0) is 24.5 Å². The molecule has 1 aliphatic rings. The summed E-state index contributed by atoms with van der Waals surface area (Å²) < 4.78 is 5.56. The molecule has 0 fully saturated rings. The van der Waals surface area contributed by atoms with E-state index in [0.717, 1.165) is 6.42 Å². The second kappa shape index (κ2) is 5.43. The minimum atomic E-state index is 0.226. The largest absolute Gasteiger partial charge is 0.396 e. The highest BCUT2D eigenvalue weighted by atomic mass is 16.5. The first kappa shape index (κ1) is 11.6. The predicted molar refractivity (Wildman–Crippen MR) is 63.1 cm³/mol. The molecule has 1 aromatic carbocycles. The number of aliphatic hydroxyl groups excluding tert-OH is 1. The van der Waals surface area contributed by atoms with Crippen LogP contribution in [-0.2, 0) is 11.3 Å². The lowest BCUT2D eigenvalue weighted by Crippen LogP contribution is -2.36. The first-order valence-electron chi connectivity index (χ1n) is 5.83. The number of ether oxygens (including phenoxy) is 1. The van der Waals surface area contributed by atoms with Gasteiger partial charge in [-0.3, -0.25) is 0 Å². The maximum atomic E-state index is 8.89. The minimum Gasteiger partial charge on any atom is -0.396 e. The first-order chi connectivity index (χ1) is 7.81. The molecule has 3 heteroatoms. The van der Waals surface area contributed by atoms with Crippen molar-refractivity contribution in [3.05, 3.63) is 35.4 Å². The lowest BCUT2D eigenvalue weighted by Gasteiger charge is -2.29. The van der Waals surface area contributed by atoms with E-state index in [1.807, 2.05) is 6.07 Å². The van der Waals surface area contributed by atoms with Crippen LogP contribution in [0.4, 0.5) is 0 Å². The summed E-state index contributed by atoms with van der Waals surface area (Å²) in [4.78, 5) is 0. The number of hydrogen-bond acceptors (Lipinski definition) is 3. The fourth-order valence-electron chi connectivity index (χ4n) is 2.14. The van der Waals surface area contributed by atoms with Crippen molar-refractivity contribution in [2.75, 3.05) is 13.2 Å². The molecule has 16 heavy (non-hydrogen) atoms. The fourth-order valence-corrected chi connectivity index (χ4v) is 2.14. The average molecular weight is 221 g/mol. The molecule has 0 spiro atoms. The fraction of sp³-hybridized carbons (Fsp3) is 0.538. The van der Waals surface area contributed by atoms with Crippen LogP contribution >= 0.6 is 0 Å². The van der Waals surface area contributed by atoms with E-state index in [4.69, 9.17) is 9.84 Å². The Labute approximate surface area is 96.4 Å². The van der Waals surface area contributed by atoms with Gasteiger partial charge in [0.05, 0.1) is 19.3 Å². The van der Waals surface area contributed by atoms with Gasteiger partial charge in [-0.25, -0.2) is 0 Å². The van der Waals surface area contributed by atoms with Gasteiger partial charge in [0.2, 0.25) is 0 Å². The monoisotopic (exact) mass is 221 g/mol. The molecular formula is C13H19NO2. The second-order valence-electron chi connectivity index (χ2n) is 4.35. The van der Waals surface area contributed by atoms with Gasteiger partial charge < -0.3 is 15.2 Å². The molecule has 1 heterocycles. The van der Waals surface area contributed by atoms with Gasteiger partial charge in [-0.1, -0.05) is 24.3 Å². The predicted octanol–water partition coefficient (Wildman–Crippen LogP) is 1.62. The van der Waals surface area contributed by atoms with Gasteiger partial charge in [0.25, 0.3) is 0 Å². The molecule has 2 unspecified atom stereocenters. The molecule has 0 radical (unpaired) electrons. The molecule has 1 aliphatic heterocycles. The van der Waals surface area contributed by atoms with Crippen molar-refractivity contribution in [2.24, 2.45) is 0 Å². The number of hydrogen-bond donors (Lipinski definition) is 2. The maximum Gasteiger partial charge on any atom is 0.0721 e. The Morgan fingerprint density at radius 2 is 2.31 bits per heavy atom. The summed E-state index contributed by atoms with van der Waals surface area (Å²) in [5.41, 5.74) is 2.60. The van der Waals surface area contributed by atoms with Crippen LogP contribution in [0.15, 0.2) is 24.3 Å². The van der Waals surface area contributed by atoms with Crippen LogP contribution in [0.1, 0.15) is 30.5 Å². The van der Waals surface area contributed by atoms with Crippen molar-refractivity contribution < 1.29 is 9.84 Å². The third-order valence-electron chi connectivity index (χ3n) is 3.02. The Kier molecular flexibility index (Phi) is 3.93. The summed E-state index contributed by atoms with van der Waals surface area (Å²) in [6.07, 6.45) is 0.776. The maximum absolute atomic E-state index is 8.89. The third kappa shape index (κ3) is 2.61. The van der Waals surface area contributed by atoms with Crippen LogP contribution < -0.4 is 5.32 Å². The van der Waals surface area contributed by atoms with Crippen molar-refractivity contribution in [3.63, 3.8) is 0 Å². The van der Waals surface area contributed by atoms with Crippen molar-refractivity contribution in [1.82, 2.24) is 5.32 Å². The summed E-state index contributed by atoms with van der Waals surface area (Å²) in [5, 5.41) is 12.4. The standard InChI is InChI=1S/C13H19NO2/c1-10(6-7-15)14-13-9-16-8-11-4-2-3-5-12(11)13/h2-5,10,13-15H,6-9H2,1H3. The molecule has 0 aromatic heterocycles. The lowest BCUT2D eigenvalue weighted by atomic mass is 9.98. The number of benzene rings is 1. The highest BCUT2D eigenvalue weighted by Crippen LogP contribution is 2.24. The van der Waals surface area contributed by atoms with E-state index in [0.29, 0.717) is 19.3 Å². The molecule has 3 nitrogen and oxygen atoms in total. The smallest absolute Gasteiger partial charge is 0.0721 e. The molecule has 0 saturated carbocycles. The number of nitrogens with one attached hydrogen (secondary N) is 1. The molecule has 2 atom stereocenters. The van der Waals surface area contributed by atoms with Gasteiger partial charge in [-0.15, -0.1) is 0 Å². The molecule has 88 valence electrons. The summed E-state index contributed by atoms with van der Waals surface area (Å²) in [7, 11) is 0. The van der Waals surface area contributed by atoms with E-state index in [-0.39, 0.29) is 12.6 Å². The molecular weight excluding hydrogens is 202 g/mol. The first-order valence-corrected chi connectivity index (χ1v) is 5.83. The molecule has 0 amide bonds. The molecule has 0 bridgehead atoms. The molecule has 0 saturated heterocycles. The van der Waals surface area contributed by atoms with Gasteiger partial charge in [0.15, 0.2) is 0 Å². The molecule has 2 N–H and O–H groups in total. The Bertz CT molecular complexity index is 340. The SMILES string of the molecule is CC(CCO)NC1COCc2ccccc21. The summed E-state index contributed by atoms with van der Waals surface area (Å²) in [6.45, 7) is 3.74. The lowest BCUT2D eigenvalue weighted by molar-refractivity contribution is 0.0778. The van der Waals surface area contributed by atoms with E-state index in [1.54, 1.807) is 0 Å². The number of aliphatic hydroxyl groups is 1. The van der Waals surface area contributed by atoms with Crippen LogP contribution in [-0.4, -0.2) is 24.4 Å². The van der Waals surface area contributed by atoms with Crippen molar-refractivity contribution >= 4 is 0 Å². The topological polar surface area (TPSA) is 41.5 Å². The number of rotatable bonds is 4. The number of fused-ring (bicyclic) bond motifs is 1. The van der Waals surface area contributed by atoms with Gasteiger partial charge in [-0.2, -0.15) is 0 Å². The molecule has 1 aromatic rings. The van der Waals surface area contributed by atoms with Gasteiger partial charge in [0.1, 0.15) is 0 Å². The zero-order valence-corrected chi connectivity index (χ0v) is 9.65. The third-order valence-corrected chi connectivity index (χ3v) is 3.02. The Morgan fingerprint density at radius 1 is 1.50 bits per heavy atom. The van der Waals surface area contributed by atoms with E-state index in [1.165, 1.54) is 11.1 Å². The Morgan fingerprint density at radius 3 is 3.12 bits per heavy atom. The summed E-state index contributed by atoms with van der Waals surface area (Å²) >= 11 is 0. The minimum absolute atomic E-state index is 0.226. The van der Waals surface area contributed by atoms with Gasteiger partial charge >= 0.3 is 0 Å². The van der Waals surface area contributed by atoms with Crippen LogP contribution in [0, 0.1) is 0 Å². The van der Waals surface area contributed by atoms with E-state index < -0.39 is 0 Å². The average Bonchev–Trinajstić information content (AvgIpc) is 2.30. The zero-order valence-electron chi connectivity index (χ0n) is 9.65. The van der Waals surface area contributed by atoms with E-state index in [2.05, 4.69) is 30.4 Å². The van der Waals surface area contributed by atoms with Crippen LogP contribution in [0.3, 0.4) is 0 Å². The molecule has 0 aliphatic carbocycles.